The van der Waals surface area contributed by atoms with Crippen molar-refractivity contribution in [2.24, 2.45) is 0 Å². The summed E-state index contributed by atoms with van der Waals surface area (Å²) in [5.41, 5.74) is 0. The van der Waals surface area contributed by atoms with Gasteiger partial charge in [-0.2, -0.15) is 8.42 Å². The molecule has 4 N–H and O–H groups in total. The number of hydrogen-bond donors (Lipinski definition) is 4. The number of carbonyl (C=O) groups excluding carboxylic acids is 3. The summed E-state index contributed by atoms with van der Waals surface area (Å²) >= 11 is 0. The van der Waals surface area contributed by atoms with Gasteiger partial charge in [0, 0.05) is 12.4 Å². The standard InChI is InChI=1S/C19H35NO5.C4H6O7S.2Na/c1-2-3-4-5-6-7-8-9-10-11-12-13-17(21)20-16(19(24)25)14-15-18(22)23;5-3(6)1-2(4(7)8)12(9,10)11;;/h16H,2-15H2,1H3,(H,20,21)(H,22,23)(H,24,25);2H,1H2,(H,5,6)(H,7,8)(H,9,10,11);;/q;;2*+1/p-2/t16-;;;/m0.../s1. The van der Waals surface area contributed by atoms with E-state index >= 15 is 0 Å². The smallest absolute Gasteiger partial charge is 0.550 e. The van der Waals surface area contributed by atoms with E-state index < -0.39 is 58.1 Å². The molecular formula is C23H39NNa2O12S. The number of hydrogen-bond acceptors (Lipinski definition) is 9. The zero-order chi connectivity index (χ0) is 28.9. The third kappa shape index (κ3) is 30.1. The van der Waals surface area contributed by atoms with Crippen molar-refractivity contribution in [3.8, 4) is 0 Å². The van der Waals surface area contributed by atoms with Gasteiger partial charge in [0.15, 0.2) is 5.25 Å². The Balaban J connectivity index is -0.000000371. The quantitative estimate of drug-likeness (QED) is 0.0548. The summed E-state index contributed by atoms with van der Waals surface area (Å²) < 4.78 is 28.7. The monoisotopic (exact) mass is 599 g/mol. The summed E-state index contributed by atoms with van der Waals surface area (Å²) in [5.74, 6) is -6.68. The van der Waals surface area contributed by atoms with Gasteiger partial charge in [-0.25, -0.2) is 0 Å². The number of carbonyl (C=O) groups is 5. The minimum Gasteiger partial charge on any atom is -0.550 e. The Morgan fingerprint density at radius 3 is 1.51 bits per heavy atom. The number of aliphatic carboxylic acids is 4. The first-order chi connectivity index (χ1) is 17.2. The number of unbranched alkanes of at least 4 members (excludes halogenated alkanes) is 10. The summed E-state index contributed by atoms with van der Waals surface area (Å²) in [6.07, 6.45) is 11.4. The summed E-state index contributed by atoms with van der Waals surface area (Å²) in [4.78, 5) is 52.9. The Labute approximate surface area is 274 Å². The summed E-state index contributed by atoms with van der Waals surface area (Å²) in [7, 11) is -4.84. The van der Waals surface area contributed by atoms with Crippen molar-refractivity contribution in [2.75, 3.05) is 0 Å². The van der Waals surface area contributed by atoms with Gasteiger partial charge in [-0.05, 0) is 19.3 Å². The maximum absolute atomic E-state index is 11.7. The number of rotatable bonds is 21. The van der Waals surface area contributed by atoms with Crippen LogP contribution >= 0.6 is 0 Å². The molecule has 0 aliphatic heterocycles. The van der Waals surface area contributed by atoms with Gasteiger partial charge >= 0.3 is 71.1 Å². The van der Waals surface area contributed by atoms with Crippen molar-refractivity contribution in [1.82, 2.24) is 5.32 Å². The molecule has 1 unspecified atom stereocenters. The van der Waals surface area contributed by atoms with Crippen molar-refractivity contribution >= 4 is 39.9 Å². The molecule has 39 heavy (non-hydrogen) atoms. The fraction of sp³-hybridized carbons (Fsp3) is 0.783. The van der Waals surface area contributed by atoms with Crippen LogP contribution in [0.2, 0.25) is 0 Å². The Bertz CT molecular complexity index is 824. The number of amides is 1. The molecule has 0 spiro atoms. The van der Waals surface area contributed by atoms with Crippen LogP contribution < -0.4 is 74.6 Å². The van der Waals surface area contributed by atoms with E-state index in [1.807, 2.05) is 0 Å². The number of nitrogens with one attached hydrogen (secondary N) is 1. The van der Waals surface area contributed by atoms with Crippen molar-refractivity contribution in [3.05, 3.63) is 0 Å². The molecule has 0 aliphatic rings. The van der Waals surface area contributed by atoms with Crippen molar-refractivity contribution in [3.63, 3.8) is 0 Å². The normalized spacial score (nSPS) is 11.8. The topological polar surface area (TPSA) is 238 Å². The zero-order valence-electron chi connectivity index (χ0n) is 23.2. The van der Waals surface area contributed by atoms with Gasteiger partial charge in [0.05, 0.1) is 18.4 Å². The van der Waals surface area contributed by atoms with Crippen LogP contribution in [0.3, 0.4) is 0 Å². The molecule has 0 aliphatic carbocycles. The molecule has 13 nitrogen and oxygen atoms in total. The Morgan fingerprint density at radius 2 is 1.21 bits per heavy atom. The van der Waals surface area contributed by atoms with E-state index in [9.17, 15) is 42.6 Å². The molecule has 0 heterocycles. The first-order valence-electron chi connectivity index (χ1n) is 12.3. The molecule has 0 aromatic rings. The Kier molecular flexibility index (Phi) is 31.8. The van der Waals surface area contributed by atoms with E-state index in [-0.39, 0.29) is 77.9 Å². The minimum absolute atomic E-state index is 0. The van der Waals surface area contributed by atoms with Gasteiger partial charge in [-0.1, -0.05) is 71.1 Å². The SMILES string of the molecule is CCCCCCCCCCCCCC(=O)N[C@@H](CCC(=O)[O-])C(=O)[O-].O=C(O)CC(C(=O)O)S(=O)(=O)O.[Na+].[Na+]. The molecule has 1 amide bonds. The molecule has 0 rings (SSSR count). The van der Waals surface area contributed by atoms with Crippen LogP contribution in [0.4, 0.5) is 0 Å². The number of carboxylic acid groups (broad SMARTS) is 4. The minimum atomic E-state index is -4.84. The van der Waals surface area contributed by atoms with E-state index in [0.717, 1.165) is 12.8 Å². The van der Waals surface area contributed by atoms with E-state index in [4.69, 9.17) is 14.8 Å². The van der Waals surface area contributed by atoms with Crippen molar-refractivity contribution < 1.29 is 116 Å². The van der Waals surface area contributed by atoms with Crippen LogP contribution in [0.25, 0.3) is 0 Å². The van der Waals surface area contributed by atoms with Gasteiger partial charge in [0.2, 0.25) is 5.91 Å². The third-order valence-electron chi connectivity index (χ3n) is 5.26. The molecule has 0 radical (unpaired) electrons. The van der Waals surface area contributed by atoms with Crippen molar-refractivity contribution in [2.45, 2.75) is 115 Å². The second kappa shape index (κ2) is 27.4. The first-order valence-corrected chi connectivity index (χ1v) is 13.8. The van der Waals surface area contributed by atoms with Crippen LogP contribution in [-0.4, -0.2) is 64.3 Å². The molecule has 0 aromatic heterocycles. The second-order valence-corrected chi connectivity index (χ2v) is 10.2. The maximum atomic E-state index is 11.7. The average molecular weight is 600 g/mol. The van der Waals surface area contributed by atoms with E-state index in [1.54, 1.807) is 0 Å². The van der Waals surface area contributed by atoms with Gasteiger partial charge in [0.25, 0.3) is 10.1 Å². The molecule has 216 valence electrons. The van der Waals surface area contributed by atoms with Gasteiger partial charge in [-0.3, -0.25) is 18.9 Å². The third-order valence-corrected chi connectivity index (χ3v) is 6.35. The predicted molar refractivity (Wildman–Crippen MR) is 127 cm³/mol. The van der Waals surface area contributed by atoms with Crippen LogP contribution in [-0.2, 0) is 34.1 Å². The van der Waals surface area contributed by atoms with Crippen LogP contribution in [0.1, 0.15) is 103 Å². The largest absolute Gasteiger partial charge is 1.00 e. The van der Waals surface area contributed by atoms with E-state index in [1.165, 1.54) is 51.4 Å². The van der Waals surface area contributed by atoms with Gasteiger partial charge in [-0.15, -0.1) is 0 Å². The fourth-order valence-corrected chi connectivity index (χ4v) is 3.81. The number of carboxylic acids is 4. The molecular weight excluding hydrogens is 560 g/mol. The molecule has 0 bridgehead atoms. The summed E-state index contributed by atoms with van der Waals surface area (Å²) in [6, 6.07) is -1.27. The van der Waals surface area contributed by atoms with E-state index in [0.29, 0.717) is 6.42 Å². The molecule has 0 fully saturated rings. The molecule has 2 atom stereocenters. The molecule has 16 heteroatoms. The molecule has 0 saturated heterocycles. The predicted octanol–water partition coefficient (Wildman–Crippen LogP) is -5.74. The summed E-state index contributed by atoms with van der Waals surface area (Å²) in [6.45, 7) is 2.21. The Hall–Kier alpha value is -0.740. The van der Waals surface area contributed by atoms with Crippen LogP contribution in [0.5, 0.6) is 0 Å². The Morgan fingerprint density at radius 1 is 0.769 bits per heavy atom. The maximum Gasteiger partial charge on any atom is 1.00 e. The van der Waals surface area contributed by atoms with Crippen LogP contribution in [0.15, 0.2) is 0 Å². The molecule has 0 saturated carbocycles. The second-order valence-electron chi connectivity index (χ2n) is 8.58. The van der Waals surface area contributed by atoms with Crippen LogP contribution in [0, 0.1) is 0 Å². The zero-order valence-corrected chi connectivity index (χ0v) is 28.0. The van der Waals surface area contributed by atoms with E-state index in [2.05, 4.69) is 12.2 Å². The summed E-state index contributed by atoms with van der Waals surface area (Å²) in [5, 5.41) is 37.5. The first kappa shape index (κ1) is 45.3. The molecule has 0 aromatic carbocycles. The van der Waals surface area contributed by atoms with Gasteiger partial charge < -0.3 is 35.3 Å². The van der Waals surface area contributed by atoms with Crippen molar-refractivity contribution in [1.29, 1.82) is 0 Å². The average Bonchev–Trinajstić information content (AvgIpc) is 2.77. The van der Waals surface area contributed by atoms with Gasteiger partial charge in [0.1, 0.15) is 0 Å². The fourth-order valence-electron chi connectivity index (χ4n) is 3.21.